The highest BCUT2D eigenvalue weighted by Gasteiger charge is 1.89. The van der Waals surface area contributed by atoms with Gasteiger partial charge in [0.1, 0.15) is 0 Å². The van der Waals surface area contributed by atoms with Gasteiger partial charge in [-0.05, 0) is 24.5 Å². The summed E-state index contributed by atoms with van der Waals surface area (Å²) in [6.07, 6.45) is 4.01. The van der Waals surface area contributed by atoms with Crippen LogP contribution in [0.1, 0.15) is 26.7 Å². The zero-order valence-corrected chi connectivity index (χ0v) is 8.62. The third-order valence-corrected chi connectivity index (χ3v) is 2.14. The van der Waals surface area contributed by atoms with Crippen LogP contribution < -0.4 is 5.32 Å². The van der Waals surface area contributed by atoms with Gasteiger partial charge in [0.25, 0.3) is 0 Å². The maximum Gasteiger partial charge on any atom is 0.244 e. The second kappa shape index (κ2) is 8.65. The standard InChI is InChI=1S/C9H17NOS/c1-3-5-7-12-8-6-9(11)10-4-2/h6,8H,3-5,7H2,1-2H3,(H,10,11). The molecule has 0 bridgehead atoms. The Bertz CT molecular complexity index is 145. The lowest BCUT2D eigenvalue weighted by Crippen LogP contribution is -2.19. The lowest BCUT2D eigenvalue weighted by Gasteiger charge is -1.94. The number of thioether (sulfide) groups is 1. The normalized spacial score (nSPS) is 10.5. The molecule has 0 saturated carbocycles. The number of hydrogen-bond acceptors (Lipinski definition) is 2. The third kappa shape index (κ3) is 7.66. The van der Waals surface area contributed by atoms with E-state index in [1.807, 2.05) is 12.3 Å². The Morgan fingerprint density at radius 2 is 2.25 bits per heavy atom. The predicted molar refractivity (Wildman–Crippen MR) is 55.2 cm³/mol. The summed E-state index contributed by atoms with van der Waals surface area (Å²) in [6.45, 7) is 4.77. The van der Waals surface area contributed by atoms with Gasteiger partial charge in [-0.25, -0.2) is 0 Å². The Balaban J connectivity index is 3.29. The zero-order valence-electron chi connectivity index (χ0n) is 7.80. The third-order valence-electron chi connectivity index (χ3n) is 1.28. The zero-order chi connectivity index (χ0) is 9.23. The van der Waals surface area contributed by atoms with Crippen LogP contribution in [-0.4, -0.2) is 18.2 Å². The van der Waals surface area contributed by atoms with Gasteiger partial charge in [-0.3, -0.25) is 4.79 Å². The first kappa shape index (κ1) is 11.6. The Morgan fingerprint density at radius 1 is 1.50 bits per heavy atom. The molecule has 2 nitrogen and oxygen atoms in total. The van der Waals surface area contributed by atoms with Gasteiger partial charge in [-0.2, -0.15) is 0 Å². The average molecular weight is 187 g/mol. The number of amides is 1. The molecule has 0 aromatic carbocycles. The Hall–Kier alpha value is -0.440. The highest BCUT2D eigenvalue weighted by atomic mass is 32.2. The van der Waals surface area contributed by atoms with Gasteiger partial charge in [-0.15, -0.1) is 11.8 Å². The van der Waals surface area contributed by atoms with Crippen molar-refractivity contribution in [1.82, 2.24) is 5.32 Å². The van der Waals surface area contributed by atoms with E-state index in [0.29, 0.717) is 6.54 Å². The maximum absolute atomic E-state index is 10.9. The summed E-state index contributed by atoms with van der Waals surface area (Å²) in [5, 5.41) is 4.56. The molecule has 0 spiro atoms. The van der Waals surface area contributed by atoms with Gasteiger partial charge in [0.2, 0.25) is 5.91 Å². The van der Waals surface area contributed by atoms with E-state index in [4.69, 9.17) is 0 Å². The maximum atomic E-state index is 10.9. The van der Waals surface area contributed by atoms with Gasteiger partial charge in [0, 0.05) is 12.6 Å². The smallest absolute Gasteiger partial charge is 0.244 e. The second-order valence-corrected chi connectivity index (χ2v) is 3.44. The van der Waals surface area contributed by atoms with Gasteiger partial charge in [-0.1, -0.05) is 13.3 Å². The van der Waals surface area contributed by atoms with Crippen LogP contribution >= 0.6 is 11.8 Å². The van der Waals surface area contributed by atoms with Crippen LogP contribution in [0, 0.1) is 0 Å². The number of likely N-dealkylation sites (N-methyl/N-ethyl adjacent to an activating group) is 1. The van der Waals surface area contributed by atoms with Crippen molar-refractivity contribution in [3.05, 3.63) is 11.5 Å². The lowest BCUT2D eigenvalue weighted by molar-refractivity contribution is -0.116. The highest BCUT2D eigenvalue weighted by Crippen LogP contribution is 2.04. The van der Waals surface area contributed by atoms with E-state index in [-0.39, 0.29) is 5.91 Å². The van der Waals surface area contributed by atoms with Gasteiger partial charge in [0.15, 0.2) is 0 Å². The van der Waals surface area contributed by atoms with Crippen molar-refractivity contribution >= 4 is 17.7 Å². The molecule has 0 atom stereocenters. The summed E-state index contributed by atoms with van der Waals surface area (Å²) in [5.74, 6) is 1.10. The van der Waals surface area contributed by atoms with Crippen molar-refractivity contribution in [3.63, 3.8) is 0 Å². The fourth-order valence-electron chi connectivity index (χ4n) is 0.639. The van der Waals surface area contributed by atoms with E-state index in [9.17, 15) is 4.79 Å². The molecule has 0 heterocycles. The number of carbonyl (C=O) groups is 1. The van der Waals surface area contributed by atoms with E-state index in [1.54, 1.807) is 17.8 Å². The summed E-state index contributed by atoms with van der Waals surface area (Å²) in [5.41, 5.74) is 0. The van der Waals surface area contributed by atoms with Crippen LogP contribution in [0.3, 0.4) is 0 Å². The molecular formula is C9H17NOS. The largest absolute Gasteiger partial charge is 0.353 e. The molecule has 70 valence electrons. The summed E-state index contributed by atoms with van der Waals surface area (Å²) in [4.78, 5) is 10.9. The monoisotopic (exact) mass is 187 g/mol. The van der Waals surface area contributed by atoms with Crippen molar-refractivity contribution in [1.29, 1.82) is 0 Å². The van der Waals surface area contributed by atoms with E-state index in [1.165, 1.54) is 12.8 Å². The van der Waals surface area contributed by atoms with E-state index in [0.717, 1.165) is 5.75 Å². The molecule has 1 N–H and O–H groups in total. The topological polar surface area (TPSA) is 29.1 Å². The van der Waals surface area contributed by atoms with E-state index < -0.39 is 0 Å². The van der Waals surface area contributed by atoms with Crippen molar-refractivity contribution in [2.24, 2.45) is 0 Å². The molecule has 0 fully saturated rings. The summed E-state index contributed by atoms with van der Waals surface area (Å²) >= 11 is 1.69. The second-order valence-electron chi connectivity index (χ2n) is 2.42. The molecule has 0 unspecified atom stereocenters. The van der Waals surface area contributed by atoms with Crippen LogP contribution in [0.4, 0.5) is 0 Å². The minimum Gasteiger partial charge on any atom is -0.353 e. The van der Waals surface area contributed by atoms with Crippen LogP contribution in [0.15, 0.2) is 11.5 Å². The molecule has 0 aromatic rings. The van der Waals surface area contributed by atoms with Crippen molar-refractivity contribution in [3.8, 4) is 0 Å². The number of unbranched alkanes of at least 4 members (excludes halogenated alkanes) is 1. The molecule has 3 heteroatoms. The number of rotatable bonds is 6. The predicted octanol–water partition coefficient (Wildman–Crippen LogP) is 2.17. The first-order valence-electron chi connectivity index (χ1n) is 4.37. The van der Waals surface area contributed by atoms with Gasteiger partial charge in [0.05, 0.1) is 0 Å². The minimum atomic E-state index is 0.00139. The Labute approximate surface area is 78.8 Å². The number of nitrogens with one attached hydrogen (secondary N) is 1. The molecule has 12 heavy (non-hydrogen) atoms. The first-order valence-corrected chi connectivity index (χ1v) is 5.42. The molecule has 0 aliphatic rings. The van der Waals surface area contributed by atoms with E-state index in [2.05, 4.69) is 12.2 Å². The van der Waals surface area contributed by atoms with Crippen molar-refractivity contribution in [2.45, 2.75) is 26.7 Å². The van der Waals surface area contributed by atoms with Crippen LogP contribution in [0.2, 0.25) is 0 Å². The minimum absolute atomic E-state index is 0.00139. The van der Waals surface area contributed by atoms with Crippen molar-refractivity contribution < 1.29 is 4.79 Å². The molecule has 0 aliphatic carbocycles. The molecule has 0 rings (SSSR count). The quantitative estimate of drug-likeness (QED) is 0.510. The number of hydrogen-bond donors (Lipinski definition) is 1. The number of carbonyl (C=O) groups excluding carboxylic acids is 1. The van der Waals surface area contributed by atoms with Crippen molar-refractivity contribution in [2.75, 3.05) is 12.3 Å². The van der Waals surface area contributed by atoms with E-state index >= 15 is 0 Å². The molecular weight excluding hydrogens is 170 g/mol. The SMILES string of the molecule is CCCCSC=CC(=O)NCC. The lowest BCUT2D eigenvalue weighted by atomic mass is 10.4. The highest BCUT2D eigenvalue weighted by molar-refractivity contribution is 8.02. The van der Waals surface area contributed by atoms with Crippen LogP contribution in [0.5, 0.6) is 0 Å². The van der Waals surface area contributed by atoms with Crippen LogP contribution in [0.25, 0.3) is 0 Å². The van der Waals surface area contributed by atoms with Gasteiger partial charge < -0.3 is 5.32 Å². The van der Waals surface area contributed by atoms with Crippen LogP contribution in [-0.2, 0) is 4.79 Å². The molecule has 0 aromatic heterocycles. The fourth-order valence-corrected chi connectivity index (χ4v) is 1.45. The van der Waals surface area contributed by atoms with Gasteiger partial charge >= 0.3 is 0 Å². The molecule has 0 saturated heterocycles. The molecule has 0 aliphatic heterocycles. The average Bonchev–Trinajstić information content (AvgIpc) is 2.05. The summed E-state index contributed by atoms with van der Waals surface area (Å²) in [7, 11) is 0. The Kier molecular flexibility index (Phi) is 8.34. The molecule has 0 radical (unpaired) electrons. The summed E-state index contributed by atoms with van der Waals surface area (Å²) in [6, 6.07) is 0. The first-order chi connectivity index (χ1) is 5.81. The fraction of sp³-hybridized carbons (Fsp3) is 0.667. The Morgan fingerprint density at radius 3 is 2.83 bits per heavy atom. The summed E-state index contributed by atoms with van der Waals surface area (Å²) < 4.78 is 0. The molecule has 1 amide bonds.